The first kappa shape index (κ1) is 13.8. The van der Waals surface area contributed by atoms with Gasteiger partial charge in [0.15, 0.2) is 0 Å². The highest BCUT2D eigenvalue weighted by Gasteiger charge is 2.25. The van der Waals surface area contributed by atoms with Crippen LogP contribution in [0.1, 0.15) is 23.5 Å². The molecule has 2 aromatic carbocycles. The second-order valence-corrected chi connectivity index (χ2v) is 5.89. The maximum absolute atomic E-state index is 6.25. The van der Waals surface area contributed by atoms with Crippen molar-refractivity contribution in [3.8, 4) is 0 Å². The van der Waals surface area contributed by atoms with E-state index >= 15 is 0 Å². The molecule has 0 saturated carbocycles. The predicted octanol–water partition coefficient (Wildman–Crippen LogP) is 5.07. The summed E-state index contributed by atoms with van der Waals surface area (Å²) < 4.78 is 0. The SMILES string of the molecule is ClCc1c(Cl)cccc1N1CCC(c2ccccc2)C1. The monoisotopic (exact) mass is 305 g/mol. The minimum absolute atomic E-state index is 0.460. The fourth-order valence-corrected chi connectivity index (χ4v) is 3.54. The standard InChI is InChI=1S/C17H17Cl2N/c18-11-15-16(19)7-4-8-17(15)20-10-9-14(12-20)13-5-2-1-3-6-13/h1-8,14H,9-12H2. The number of hydrogen-bond donors (Lipinski definition) is 0. The van der Waals surface area contributed by atoms with Crippen molar-refractivity contribution in [3.05, 3.63) is 64.7 Å². The van der Waals surface area contributed by atoms with Crippen LogP contribution in [0.5, 0.6) is 0 Å². The van der Waals surface area contributed by atoms with Crippen molar-refractivity contribution in [2.75, 3.05) is 18.0 Å². The summed E-state index contributed by atoms with van der Waals surface area (Å²) in [5, 5.41) is 0.765. The van der Waals surface area contributed by atoms with Gasteiger partial charge in [0.1, 0.15) is 0 Å². The zero-order chi connectivity index (χ0) is 13.9. The van der Waals surface area contributed by atoms with E-state index in [9.17, 15) is 0 Å². The van der Waals surface area contributed by atoms with Crippen molar-refractivity contribution in [1.82, 2.24) is 0 Å². The molecular weight excluding hydrogens is 289 g/mol. The third-order valence-electron chi connectivity index (χ3n) is 4.03. The highest BCUT2D eigenvalue weighted by atomic mass is 35.5. The molecule has 0 N–H and O–H groups in total. The van der Waals surface area contributed by atoms with Gasteiger partial charge in [-0.15, -0.1) is 11.6 Å². The Morgan fingerprint density at radius 1 is 1.05 bits per heavy atom. The van der Waals surface area contributed by atoms with Gasteiger partial charge in [0.2, 0.25) is 0 Å². The molecule has 0 amide bonds. The molecule has 1 saturated heterocycles. The lowest BCUT2D eigenvalue weighted by Crippen LogP contribution is -2.20. The van der Waals surface area contributed by atoms with Crippen molar-refractivity contribution < 1.29 is 0 Å². The van der Waals surface area contributed by atoms with Gasteiger partial charge in [-0.25, -0.2) is 0 Å². The van der Waals surface area contributed by atoms with Gasteiger partial charge in [0, 0.05) is 35.3 Å². The molecule has 3 rings (SSSR count). The maximum atomic E-state index is 6.25. The Hall–Kier alpha value is -1.18. The van der Waals surface area contributed by atoms with Crippen LogP contribution >= 0.6 is 23.2 Å². The van der Waals surface area contributed by atoms with Crippen molar-refractivity contribution in [2.45, 2.75) is 18.2 Å². The summed E-state index contributed by atoms with van der Waals surface area (Å²) in [6.07, 6.45) is 1.18. The minimum Gasteiger partial charge on any atom is -0.371 e. The fourth-order valence-electron chi connectivity index (χ4n) is 2.95. The van der Waals surface area contributed by atoms with E-state index in [1.54, 1.807) is 0 Å². The molecule has 1 unspecified atom stereocenters. The van der Waals surface area contributed by atoms with Crippen LogP contribution in [0.15, 0.2) is 48.5 Å². The summed E-state index contributed by atoms with van der Waals surface area (Å²) in [6.45, 7) is 2.10. The van der Waals surface area contributed by atoms with Crippen molar-refractivity contribution in [1.29, 1.82) is 0 Å². The summed E-state index contributed by atoms with van der Waals surface area (Å²) in [4.78, 5) is 2.40. The largest absolute Gasteiger partial charge is 0.371 e. The van der Waals surface area contributed by atoms with E-state index in [-0.39, 0.29) is 0 Å². The summed E-state index contributed by atoms with van der Waals surface area (Å²) >= 11 is 12.3. The second kappa shape index (κ2) is 6.07. The van der Waals surface area contributed by atoms with Crippen LogP contribution < -0.4 is 4.90 Å². The molecule has 1 nitrogen and oxygen atoms in total. The van der Waals surface area contributed by atoms with Crippen LogP contribution in [0.25, 0.3) is 0 Å². The van der Waals surface area contributed by atoms with Gasteiger partial charge < -0.3 is 4.90 Å². The summed E-state index contributed by atoms with van der Waals surface area (Å²) in [7, 11) is 0. The Labute approximate surface area is 130 Å². The van der Waals surface area contributed by atoms with Gasteiger partial charge in [-0.1, -0.05) is 48.0 Å². The van der Waals surface area contributed by atoms with E-state index in [4.69, 9.17) is 23.2 Å². The van der Waals surface area contributed by atoms with Crippen LogP contribution in [0.2, 0.25) is 5.02 Å². The molecule has 0 aliphatic carbocycles. The molecule has 0 radical (unpaired) electrons. The van der Waals surface area contributed by atoms with Crippen molar-refractivity contribution in [2.24, 2.45) is 0 Å². The average molecular weight is 306 g/mol. The van der Waals surface area contributed by atoms with Gasteiger partial charge in [-0.3, -0.25) is 0 Å². The highest BCUT2D eigenvalue weighted by Crippen LogP contribution is 2.35. The Bertz CT molecular complexity index is 583. The molecule has 1 heterocycles. The van der Waals surface area contributed by atoms with Crippen LogP contribution in [0.4, 0.5) is 5.69 Å². The number of alkyl halides is 1. The molecule has 3 heteroatoms. The molecule has 1 aliphatic heterocycles. The van der Waals surface area contributed by atoms with E-state index in [1.165, 1.54) is 17.7 Å². The zero-order valence-corrected chi connectivity index (χ0v) is 12.7. The Morgan fingerprint density at radius 3 is 2.60 bits per heavy atom. The molecule has 0 spiro atoms. The number of anilines is 1. The van der Waals surface area contributed by atoms with E-state index < -0.39 is 0 Å². The second-order valence-electron chi connectivity index (χ2n) is 5.21. The highest BCUT2D eigenvalue weighted by molar-refractivity contribution is 6.32. The quantitative estimate of drug-likeness (QED) is 0.715. The van der Waals surface area contributed by atoms with E-state index in [0.29, 0.717) is 11.8 Å². The maximum Gasteiger partial charge on any atom is 0.0509 e. The molecule has 1 aliphatic rings. The lowest BCUT2D eigenvalue weighted by Gasteiger charge is -2.22. The number of nitrogens with zero attached hydrogens (tertiary/aromatic N) is 1. The smallest absolute Gasteiger partial charge is 0.0509 e. The number of rotatable bonds is 3. The van der Waals surface area contributed by atoms with E-state index in [0.717, 1.165) is 23.7 Å². The van der Waals surface area contributed by atoms with Gasteiger partial charge in [0.25, 0.3) is 0 Å². The molecule has 2 aromatic rings. The average Bonchev–Trinajstić information content (AvgIpc) is 2.97. The third-order valence-corrected chi connectivity index (χ3v) is 4.65. The summed E-state index contributed by atoms with van der Waals surface area (Å²) in [5.41, 5.74) is 3.65. The van der Waals surface area contributed by atoms with Crippen LogP contribution in [0.3, 0.4) is 0 Å². The van der Waals surface area contributed by atoms with Crippen LogP contribution in [-0.2, 0) is 5.88 Å². The van der Waals surface area contributed by atoms with Crippen molar-refractivity contribution >= 4 is 28.9 Å². The first-order chi connectivity index (χ1) is 9.79. The Balaban J connectivity index is 1.83. The molecule has 104 valence electrons. The van der Waals surface area contributed by atoms with E-state index in [1.807, 2.05) is 12.1 Å². The number of benzene rings is 2. The van der Waals surface area contributed by atoms with Gasteiger partial charge in [0.05, 0.1) is 5.88 Å². The van der Waals surface area contributed by atoms with Crippen LogP contribution in [-0.4, -0.2) is 13.1 Å². The molecule has 1 fully saturated rings. The molecular formula is C17H17Cl2N. The summed E-state index contributed by atoms with van der Waals surface area (Å²) in [6, 6.07) is 16.8. The van der Waals surface area contributed by atoms with E-state index in [2.05, 4.69) is 41.3 Å². The lowest BCUT2D eigenvalue weighted by molar-refractivity contribution is 0.775. The predicted molar refractivity (Wildman–Crippen MR) is 87.0 cm³/mol. The first-order valence-electron chi connectivity index (χ1n) is 6.93. The number of halogens is 2. The zero-order valence-electron chi connectivity index (χ0n) is 11.2. The van der Waals surface area contributed by atoms with Gasteiger partial charge >= 0.3 is 0 Å². The molecule has 20 heavy (non-hydrogen) atoms. The normalized spacial score (nSPS) is 18.5. The topological polar surface area (TPSA) is 3.24 Å². The Kier molecular flexibility index (Phi) is 4.18. The third kappa shape index (κ3) is 2.65. The number of hydrogen-bond acceptors (Lipinski definition) is 1. The first-order valence-corrected chi connectivity index (χ1v) is 7.84. The van der Waals surface area contributed by atoms with Crippen molar-refractivity contribution in [3.63, 3.8) is 0 Å². The van der Waals surface area contributed by atoms with Crippen LogP contribution in [0, 0.1) is 0 Å². The minimum atomic E-state index is 0.460. The summed E-state index contributed by atoms with van der Waals surface area (Å²) in [5.74, 6) is 1.06. The van der Waals surface area contributed by atoms with Gasteiger partial charge in [-0.2, -0.15) is 0 Å². The lowest BCUT2D eigenvalue weighted by atomic mass is 9.99. The Morgan fingerprint density at radius 2 is 1.85 bits per heavy atom. The molecule has 0 aromatic heterocycles. The molecule has 1 atom stereocenters. The van der Waals surface area contributed by atoms with Gasteiger partial charge in [-0.05, 0) is 24.1 Å². The molecule has 0 bridgehead atoms. The fraction of sp³-hybridized carbons (Fsp3) is 0.294.